The molecule has 2 aromatic rings. The van der Waals surface area contributed by atoms with E-state index in [9.17, 15) is 33.9 Å². The van der Waals surface area contributed by atoms with E-state index in [1.165, 1.54) is 31.2 Å². The summed E-state index contributed by atoms with van der Waals surface area (Å²) in [6, 6.07) is 15.6. The van der Waals surface area contributed by atoms with Crippen LogP contribution in [-0.4, -0.2) is 109 Å². The molecule has 270 valence electrons. The van der Waals surface area contributed by atoms with Crippen molar-refractivity contribution in [2.45, 2.75) is 96.0 Å². The van der Waals surface area contributed by atoms with Gasteiger partial charge in [-0.25, -0.2) is 9.59 Å². The summed E-state index contributed by atoms with van der Waals surface area (Å²) in [7, 11) is 0. The SMILES string of the molecule is CC(=O)OC[C@H]1O[C@@H](O[C@H]2[C@@H](OC(=O)c3ccccc3)[C@H](OC(=O)c3ccccc3)[C@H](O)O[C@H]2C)[C@H](OC(C)=O)[C@@H](OC(C)=O)[C@H]1OC(C)=O. The number of rotatable bonds is 11. The van der Waals surface area contributed by atoms with Crippen LogP contribution in [0.25, 0.3) is 0 Å². The van der Waals surface area contributed by atoms with Gasteiger partial charge in [-0.3, -0.25) is 19.2 Å². The number of benzene rings is 2. The van der Waals surface area contributed by atoms with E-state index < -0.39 is 104 Å². The fourth-order valence-corrected chi connectivity index (χ4v) is 5.42. The van der Waals surface area contributed by atoms with Gasteiger partial charge in [0, 0.05) is 27.7 Å². The van der Waals surface area contributed by atoms with Crippen molar-refractivity contribution >= 4 is 35.8 Å². The van der Waals surface area contributed by atoms with Crippen LogP contribution in [0.2, 0.25) is 0 Å². The molecule has 0 aromatic heterocycles. The number of carbonyl (C=O) groups excluding carboxylic acids is 6. The summed E-state index contributed by atoms with van der Waals surface area (Å²) in [6.45, 7) is 5.24. The summed E-state index contributed by atoms with van der Waals surface area (Å²) in [5.74, 6) is -5.07. The lowest BCUT2D eigenvalue weighted by atomic mass is 9.96. The molecule has 50 heavy (non-hydrogen) atoms. The summed E-state index contributed by atoms with van der Waals surface area (Å²) in [5, 5.41) is 11.0. The number of aliphatic hydroxyl groups is 1. The van der Waals surface area contributed by atoms with Gasteiger partial charge < -0.3 is 47.7 Å². The maximum atomic E-state index is 13.4. The van der Waals surface area contributed by atoms with E-state index in [4.69, 9.17) is 42.6 Å². The molecule has 2 saturated heterocycles. The summed E-state index contributed by atoms with van der Waals surface area (Å²) < 4.78 is 51.0. The van der Waals surface area contributed by atoms with Gasteiger partial charge in [0.1, 0.15) is 18.8 Å². The van der Waals surface area contributed by atoms with Crippen LogP contribution in [0.1, 0.15) is 55.3 Å². The first kappa shape index (κ1) is 37.9. The van der Waals surface area contributed by atoms with Crippen LogP contribution < -0.4 is 0 Å². The molecular formula is C34H38O16. The number of hydrogen-bond acceptors (Lipinski definition) is 16. The third-order valence-corrected chi connectivity index (χ3v) is 7.49. The molecule has 4 rings (SSSR count). The van der Waals surface area contributed by atoms with Gasteiger partial charge in [0.15, 0.2) is 43.1 Å². The van der Waals surface area contributed by atoms with Crippen molar-refractivity contribution in [2.24, 2.45) is 0 Å². The van der Waals surface area contributed by atoms with Gasteiger partial charge in [-0.2, -0.15) is 0 Å². The van der Waals surface area contributed by atoms with Crippen molar-refractivity contribution in [3.05, 3.63) is 71.8 Å². The summed E-state index contributed by atoms with van der Waals surface area (Å²) in [5.41, 5.74) is 0.226. The third kappa shape index (κ3) is 9.84. The fraction of sp³-hybridized carbons (Fsp3) is 0.471. The van der Waals surface area contributed by atoms with Crippen LogP contribution in [0.3, 0.4) is 0 Å². The average molecular weight is 703 g/mol. The Morgan fingerprint density at radius 3 is 1.54 bits per heavy atom. The van der Waals surface area contributed by atoms with E-state index in [1.807, 2.05) is 0 Å². The molecule has 16 nitrogen and oxygen atoms in total. The fourth-order valence-electron chi connectivity index (χ4n) is 5.42. The first-order valence-corrected chi connectivity index (χ1v) is 15.6. The number of ether oxygens (including phenoxy) is 9. The molecule has 2 fully saturated rings. The maximum Gasteiger partial charge on any atom is 0.338 e. The minimum atomic E-state index is -1.82. The van der Waals surface area contributed by atoms with Gasteiger partial charge >= 0.3 is 35.8 Å². The van der Waals surface area contributed by atoms with Crippen molar-refractivity contribution < 1.29 is 76.5 Å². The first-order valence-electron chi connectivity index (χ1n) is 15.6. The number of esters is 6. The zero-order valence-electron chi connectivity index (χ0n) is 27.8. The summed E-state index contributed by atoms with van der Waals surface area (Å²) >= 11 is 0. The predicted molar refractivity (Wildman–Crippen MR) is 165 cm³/mol. The number of hydrogen-bond donors (Lipinski definition) is 1. The minimum Gasteiger partial charge on any atom is -0.463 e. The van der Waals surface area contributed by atoms with Crippen LogP contribution in [0.5, 0.6) is 0 Å². The van der Waals surface area contributed by atoms with E-state index >= 15 is 0 Å². The Morgan fingerprint density at radius 1 is 0.580 bits per heavy atom. The van der Waals surface area contributed by atoms with E-state index in [2.05, 4.69) is 0 Å². The monoisotopic (exact) mass is 702 g/mol. The van der Waals surface area contributed by atoms with E-state index in [0.29, 0.717) is 0 Å². The highest BCUT2D eigenvalue weighted by Crippen LogP contribution is 2.35. The maximum absolute atomic E-state index is 13.4. The number of carbonyl (C=O) groups is 6. The lowest BCUT2D eigenvalue weighted by molar-refractivity contribution is -0.351. The molecule has 2 aliphatic rings. The second-order valence-electron chi connectivity index (χ2n) is 11.4. The van der Waals surface area contributed by atoms with Crippen molar-refractivity contribution in [3.8, 4) is 0 Å². The normalized spacial score (nSPS) is 29.1. The van der Waals surface area contributed by atoms with Gasteiger partial charge in [-0.05, 0) is 31.2 Å². The van der Waals surface area contributed by atoms with Crippen LogP contribution in [-0.2, 0) is 61.8 Å². The second-order valence-corrected chi connectivity index (χ2v) is 11.4. The highest BCUT2D eigenvalue weighted by molar-refractivity contribution is 5.90. The molecule has 0 aliphatic carbocycles. The van der Waals surface area contributed by atoms with Gasteiger partial charge in [-0.15, -0.1) is 0 Å². The van der Waals surface area contributed by atoms with Gasteiger partial charge in [-0.1, -0.05) is 36.4 Å². The molecule has 2 aliphatic heterocycles. The summed E-state index contributed by atoms with van der Waals surface area (Å²) in [6.07, 6.45) is -15.4. The van der Waals surface area contributed by atoms with Crippen LogP contribution in [0.4, 0.5) is 0 Å². The average Bonchev–Trinajstić information content (AvgIpc) is 3.06. The topological polar surface area (TPSA) is 206 Å². The molecular weight excluding hydrogens is 664 g/mol. The molecule has 1 N–H and O–H groups in total. The van der Waals surface area contributed by atoms with Gasteiger partial charge in [0.25, 0.3) is 0 Å². The Bertz CT molecular complexity index is 1510. The lowest BCUT2D eigenvalue weighted by Gasteiger charge is -2.47. The van der Waals surface area contributed by atoms with Crippen molar-refractivity contribution in [1.82, 2.24) is 0 Å². The molecule has 0 unspecified atom stereocenters. The van der Waals surface area contributed by atoms with Crippen molar-refractivity contribution in [2.75, 3.05) is 6.61 Å². The smallest absolute Gasteiger partial charge is 0.338 e. The molecule has 0 saturated carbocycles. The molecule has 16 heteroatoms. The Morgan fingerprint density at radius 2 is 1.04 bits per heavy atom. The van der Waals surface area contributed by atoms with E-state index in [1.54, 1.807) is 36.4 Å². The Hall–Kier alpha value is -4.90. The molecule has 0 amide bonds. The zero-order valence-corrected chi connectivity index (χ0v) is 27.8. The third-order valence-electron chi connectivity index (χ3n) is 7.49. The molecule has 0 radical (unpaired) electrons. The molecule has 10 atom stereocenters. The highest BCUT2D eigenvalue weighted by atomic mass is 16.8. The molecule has 2 aromatic carbocycles. The van der Waals surface area contributed by atoms with Crippen molar-refractivity contribution in [1.29, 1.82) is 0 Å². The zero-order chi connectivity index (χ0) is 36.5. The molecule has 2 heterocycles. The van der Waals surface area contributed by atoms with Gasteiger partial charge in [0.2, 0.25) is 0 Å². The predicted octanol–water partition coefficient (Wildman–Crippen LogP) is 1.64. The van der Waals surface area contributed by atoms with Crippen molar-refractivity contribution in [3.63, 3.8) is 0 Å². The number of aliphatic hydroxyl groups excluding tert-OH is 1. The Labute approximate surface area is 286 Å². The Balaban J connectivity index is 1.76. The van der Waals surface area contributed by atoms with Crippen LogP contribution in [0.15, 0.2) is 60.7 Å². The standard InChI is InChI=1S/C34H38O16/c1-17-25(50-34-30(46-21(5)38)28(45-20(4)37)26(44-19(3)36)24(47-34)16-42-18(2)35)27(48-31(39)22-12-8-6-9-13-22)29(33(41)43-17)49-32(40)23-14-10-7-11-15-23/h6-15,17,24-30,33-34,41H,16H2,1-5H3/t17-,24+,25+,26-,27+,28-,29-,30+,33+,34-/m0/s1. The van der Waals surface area contributed by atoms with E-state index in [0.717, 1.165) is 27.7 Å². The lowest BCUT2D eigenvalue weighted by Crippen LogP contribution is -2.66. The summed E-state index contributed by atoms with van der Waals surface area (Å²) in [4.78, 5) is 75.1. The largest absolute Gasteiger partial charge is 0.463 e. The Kier molecular flexibility index (Phi) is 13.0. The quantitative estimate of drug-likeness (QED) is 0.261. The first-order chi connectivity index (χ1) is 23.7. The van der Waals surface area contributed by atoms with Gasteiger partial charge in [0.05, 0.1) is 17.2 Å². The van der Waals surface area contributed by atoms with Crippen LogP contribution in [0, 0.1) is 0 Å². The van der Waals surface area contributed by atoms with E-state index in [-0.39, 0.29) is 11.1 Å². The highest BCUT2D eigenvalue weighted by Gasteiger charge is 2.56. The molecule has 0 bridgehead atoms. The molecule has 0 spiro atoms. The second kappa shape index (κ2) is 17.2. The minimum absolute atomic E-state index is 0.111. The van der Waals surface area contributed by atoms with Crippen LogP contribution >= 0.6 is 0 Å².